The van der Waals surface area contributed by atoms with Gasteiger partial charge in [-0.3, -0.25) is 0 Å². The first kappa shape index (κ1) is 14.2. The Morgan fingerprint density at radius 2 is 1.89 bits per heavy atom. The summed E-state index contributed by atoms with van der Waals surface area (Å²) in [5, 5.41) is 5.53. The first-order chi connectivity index (χ1) is 9.20. The Bertz CT molecular complexity index is 479. The molecule has 0 amide bonds. The highest BCUT2D eigenvalue weighted by Gasteiger charge is 2.10. The van der Waals surface area contributed by atoms with Gasteiger partial charge >= 0.3 is 0 Å². The number of hydrogen-bond acceptors (Lipinski definition) is 2. The van der Waals surface area contributed by atoms with Gasteiger partial charge < -0.3 is 5.32 Å². The Morgan fingerprint density at radius 3 is 2.42 bits per heavy atom. The third kappa shape index (κ3) is 3.85. The van der Waals surface area contributed by atoms with E-state index in [1.807, 2.05) is 6.07 Å². The minimum atomic E-state index is -2.39. The smallest absolute Gasteiger partial charge is 0.263 e. The topological polar surface area (TPSA) is 12.0 Å². The lowest BCUT2D eigenvalue weighted by molar-refractivity contribution is 0.151. The molecule has 2 aromatic rings. The highest BCUT2D eigenvalue weighted by molar-refractivity contribution is 7.10. The summed E-state index contributed by atoms with van der Waals surface area (Å²) >= 11 is 1.74. The molecule has 0 saturated heterocycles. The van der Waals surface area contributed by atoms with Gasteiger partial charge in [-0.1, -0.05) is 37.3 Å². The third-order valence-corrected chi connectivity index (χ3v) is 4.07. The van der Waals surface area contributed by atoms with E-state index in [0.717, 1.165) is 12.0 Å². The number of alkyl halides is 2. The molecule has 0 fully saturated rings. The number of benzene rings is 1. The van der Waals surface area contributed by atoms with E-state index in [-0.39, 0.29) is 5.56 Å². The van der Waals surface area contributed by atoms with Crippen LogP contribution in [0.3, 0.4) is 0 Å². The fourth-order valence-electron chi connectivity index (χ4n) is 1.96. The van der Waals surface area contributed by atoms with Gasteiger partial charge in [0.05, 0.1) is 0 Å². The van der Waals surface area contributed by atoms with Gasteiger partial charge in [0.25, 0.3) is 6.43 Å². The summed E-state index contributed by atoms with van der Waals surface area (Å²) in [6, 6.07) is 11.0. The van der Waals surface area contributed by atoms with E-state index in [9.17, 15) is 8.78 Å². The van der Waals surface area contributed by atoms with E-state index < -0.39 is 6.43 Å². The summed E-state index contributed by atoms with van der Waals surface area (Å²) in [5.41, 5.74) is 1.11. The molecule has 1 nitrogen and oxygen atoms in total. The van der Waals surface area contributed by atoms with Crippen LogP contribution < -0.4 is 5.32 Å². The van der Waals surface area contributed by atoms with E-state index in [4.69, 9.17) is 0 Å². The molecule has 0 aliphatic rings. The van der Waals surface area contributed by atoms with Gasteiger partial charge in [0.1, 0.15) is 0 Å². The Labute approximate surface area is 116 Å². The molecule has 1 heterocycles. The van der Waals surface area contributed by atoms with Crippen LogP contribution in [0.2, 0.25) is 0 Å². The molecule has 1 unspecified atom stereocenters. The fraction of sp³-hybridized carbons (Fsp3) is 0.333. The van der Waals surface area contributed by atoms with Gasteiger partial charge in [0, 0.05) is 23.0 Å². The standard InChI is InChI=1S/C15H17F2NS/c1-2-13(14-4-3-9-19-14)18-10-11-5-7-12(8-6-11)15(16)17/h3-9,13,15,18H,2,10H2,1H3. The van der Waals surface area contributed by atoms with E-state index in [1.54, 1.807) is 23.5 Å². The maximum atomic E-state index is 12.4. The summed E-state index contributed by atoms with van der Waals surface area (Å²) < 4.78 is 24.9. The van der Waals surface area contributed by atoms with Gasteiger partial charge in [0.15, 0.2) is 0 Å². The molecule has 1 N–H and O–H groups in total. The van der Waals surface area contributed by atoms with E-state index in [2.05, 4.69) is 23.7 Å². The van der Waals surface area contributed by atoms with Crippen LogP contribution in [0.25, 0.3) is 0 Å². The molecule has 102 valence electrons. The van der Waals surface area contributed by atoms with Crippen molar-refractivity contribution in [3.8, 4) is 0 Å². The van der Waals surface area contributed by atoms with Crippen molar-refractivity contribution in [3.05, 3.63) is 57.8 Å². The predicted octanol–water partition coefficient (Wildman–Crippen LogP) is 4.93. The lowest BCUT2D eigenvalue weighted by Gasteiger charge is -2.15. The largest absolute Gasteiger partial charge is 0.305 e. The number of rotatable bonds is 6. The van der Waals surface area contributed by atoms with Crippen LogP contribution in [0.1, 0.15) is 41.8 Å². The average Bonchev–Trinajstić information content (AvgIpc) is 2.94. The normalized spacial score (nSPS) is 12.8. The molecule has 0 bridgehead atoms. The first-order valence-electron chi connectivity index (χ1n) is 6.34. The molecule has 0 spiro atoms. The van der Waals surface area contributed by atoms with Crippen LogP contribution in [0.15, 0.2) is 41.8 Å². The highest BCUT2D eigenvalue weighted by atomic mass is 32.1. The van der Waals surface area contributed by atoms with Gasteiger partial charge in [-0.15, -0.1) is 11.3 Å². The van der Waals surface area contributed by atoms with Crippen LogP contribution in [0.5, 0.6) is 0 Å². The predicted molar refractivity (Wildman–Crippen MR) is 75.6 cm³/mol. The Kier molecular flexibility index (Phi) is 5.05. The second-order valence-corrected chi connectivity index (χ2v) is 5.38. The summed E-state index contributed by atoms with van der Waals surface area (Å²) in [5.74, 6) is 0. The SMILES string of the molecule is CCC(NCc1ccc(C(F)F)cc1)c1cccs1. The van der Waals surface area contributed by atoms with Gasteiger partial charge in [-0.2, -0.15) is 0 Å². The van der Waals surface area contributed by atoms with Crippen LogP contribution in [-0.4, -0.2) is 0 Å². The number of thiophene rings is 1. The Balaban J connectivity index is 1.94. The summed E-state index contributed by atoms with van der Waals surface area (Å²) in [6.07, 6.45) is -1.38. The molecule has 0 saturated carbocycles. The zero-order valence-electron chi connectivity index (χ0n) is 10.8. The zero-order valence-corrected chi connectivity index (χ0v) is 11.6. The summed E-state index contributed by atoms with van der Waals surface area (Å²) in [7, 11) is 0. The molecule has 1 atom stereocenters. The molecule has 19 heavy (non-hydrogen) atoms. The van der Waals surface area contributed by atoms with Gasteiger partial charge in [0.2, 0.25) is 0 Å². The molecule has 1 aromatic carbocycles. The van der Waals surface area contributed by atoms with Crippen molar-refractivity contribution in [1.82, 2.24) is 5.32 Å². The molecular weight excluding hydrogens is 264 g/mol. The maximum absolute atomic E-state index is 12.4. The Hall–Kier alpha value is -1.26. The van der Waals surface area contributed by atoms with Crippen molar-refractivity contribution in [2.75, 3.05) is 0 Å². The average molecular weight is 281 g/mol. The maximum Gasteiger partial charge on any atom is 0.263 e. The van der Waals surface area contributed by atoms with Crippen molar-refractivity contribution in [2.24, 2.45) is 0 Å². The zero-order chi connectivity index (χ0) is 13.7. The lowest BCUT2D eigenvalue weighted by Crippen LogP contribution is -2.19. The third-order valence-electron chi connectivity index (χ3n) is 3.08. The number of nitrogens with one attached hydrogen (secondary N) is 1. The molecule has 0 aliphatic carbocycles. The van der Waals surface area contributed by atoms with Crippen LogP contribution in [0.4, 0.5) is 8.78 Å². The molecule has 4 heteroatoms. The summed E-state index contributed by atoms with van der Waals surface area (Å²) in [6.45, 7) is 2.83. The highest BCUT2D eigenvalue weighted by Crippen LogP contribution is 2.23. The van der Waals surface area contributed by atoms with Crippen molar-refractivity contribution in [3.63, 3.8) is 0 Å². The van der Waals surface area contributed by atoms with Crippen LogP contribution >= 0.6 is 11.3 Å². The lowest BCUT2D eigenvalue weighted by atomic mass is 10.1. The second kappa shape index (κ2) is 6.78. The molecular formula is C15H17F2NS. The monoisotopic (exact) mass is 281 g/mol. The number of hydrogen-bond donors (Lipinski definition) is 1. The van der Waals surface area contributed by atoms with E-state index in [1.165, 1.54) is 17.0 Å². The van der Waals surface area contributed by atoms with Gasteiger partial charge in [-0.25, -0.2) is 8.78 Å². The molecule has 1 aromatic heterocycles. The number of halogens is 2. The van der Waals surface area contributed by atoms with Crippen molar-refractivity contribution >= 4 is 11.3 Å². The van der Waals surface area contributed by atoms with E-state index in [0.29, 0.717) is 12.6 Å². The summed E-state index contributed by atoms with van der Waals surface area (Å²) in [4.78, 5) is 1.31. The fourth-order valence-corrected chi connectivity index (χ4v) is 2.84. The molecule has 0 aliphatic heterocycles. The minimum absolute atomic E-state index is 0.0778. The van der Waals surface area contributed by atoms with E-state index >= 15 is 0 Å². The first-order valence-corrected chi connectivity index (χ1v) is 7.22. The molecule has 0 radical (unpaired) electrons. The quantitative estimate of drug-likeness (QED) is 0.792. The van der Waals surface area contributed by atoms with Crippen molar-refractivity contribution < 1.29 is 8.78 Å². The van der Waals surface area contributed by atoms with Crippen molar-refractivity contribution in [1.29, 1.82) is 0 Å². The molecule has 2 rings (SSSR count). The van der Waals surface area contributed by atoms with Gasteiger partial charge in [-0.05, 0) is 23.4 Å². The minimum Gasteiger partial charge on any atom is -0.305 e. The van der Waals surface area contributed by atoms with Crippen LogP contribution in [0, 0.1) is 0 Å². The Morgan fingerprint density at radius 1 is 1.16 bits per heavy atom. The second-order valence-electron chi connectivity index (χ2n) is 4.40. The van der Waals surface area contributed by atoms with Crippen molar-refractivity contribution in [2.45, 2.75) is 32.4 Å². The van der Waals surface area contributed by atoms with Crippen LogP contribution in [-0.2, 0) is 6.54 Å².